The Kier molecular flexibility index (Phi) is 4.08. The third-order valence-electron chi connectivity index (χ3n) is 6.63. The van der Waals surface area contributed by atoms with Crippen molar-refractivity contribution in [3.05, 3.63) is 40.5 Å². The minimum absolute atomic E-state index is 0.172. The first-order valence-corrected chi connectivity index (χ1v) is 9.77. The van der Waals surface area contributed by atoms with Crippen molar-refractivity contribution in [2.24, 2.45) is 0 Å². The van der Waals surface area contributed by atoms with Gasteiger partial charge in [0, 0.05) is 6.42 Å². The van der Waals surface area contributed by atoms with Crippen LogP contribution in [0.15, 0.2) is 18.2 Å². The van der Waals surface area contributed by atoms with Gasteiger partial charge in [-0.1, -0.05) is 6.07 Å². The average molecular weight is 400 g/mol. The van der Waals surface area contributed by atoms with Gasteiger partial charge in [0.15, 0.2) is 23.0 Å². The maximum Gasteiger partial charge on any atom is 0.231 e. The van der Waals surface area contributed by atoms with Crippen LogP contribution in [-0.2, 0) is 13.0 Å². The van der Waals surface area contributed by atoms with Gasteiger partial charge < -0.3 is 33.3 Å². The van der Waals surface area contributed by atoms with Crippen LogP contribution in [0.5, 0.6) is 28.7 Å². The number of rotatable bonds is 3. The Bertz CT molecular complexity index is 990. The molecule has 0 saturated carbocycles. The Morgan fingerprint density at radius 1 is 1.07 bits per heavy atom. The summed E-state index contributed by atoms with van der Waals surface area (Å²) in [5.41, 5.74) is 4.03. The highest BCUT2D eigenvalue weighted by atomic mass is 16.7. The van der Waals surface area contributed by atoms with E-state index in [1.165, 1.54) is 0 Å². The minimum atomic E-state index is -0.711. The first-order valence-electron chi connectivity index (χ1n) is 9.77. The van der Waals surface area contributed by atoms with Crippen LogP contribution in [0, 0.1) is 0 Å². The van der Waals surface area contributed by atoms with E-state index in [1.807, 2.05) is 18.2 Å². The number of nitrogens with zero attached hydrogens (tertiary/aromatic N) is 1. The molecule has 0 amide bonds. The van der Waals surface area contributed by atoms with Crippen LogP contribution in [0.2, 0.25) is 0 Å². The van der Waals surface area contributed by atoms with Gasteiger partial charge in [0.2, 0.25) is 12.5 Å². The van der Waals surface area contributed by atoms with Crippen molar-refractivity contribution in [1.29, 1.82) is 0 Å². The number of ether oxygens (including phenoxy) is 5. The fraction of sp³-hybridized carbons (Fsp3) is 0.455. The van der Waals surface area contributed by atoms with Gasteiger partial charge in [0.05, 0.1) is 46.0 Å². The topological polar surface area (TPSA) is 66.4 Å². The molecule has 2 aromatic rings. The van der Waals surface area contributed by atoms with E-state index in [-0.39, 0.29) is 12.8 Å². The van der Waals surface area contributed by atoms with Crippen molar-refractivity contribution < 1.29 is 33.3 Å². The highest BCUT2D eigenvalue weighted by Crippen LogP contribution is 2.57. The minimum Gasteiger partial charge on any atom is -0.493 e. The maximum absolute atomic E-state index is 11.6. The summed E-state index contributed by atoms with van der Waals surface area (Å²) in [5.74, 6) is 3.40. The van der Waals surface area contributed by atoms with Crippen molar-refractivity contribution in [2.45, 2.75) is 25.1 Å². The molecule has 3 heterocycles. The molecule has 5 rings (SSSR count). The predicted molar refractivity (Wildman–Crippen MR) is 105 cm³/mol. The Hall–Kier alpha value is -2.64. The van der Waals surface area contributed by atoms with Gasteiger partial charge in [-0.15, -0.1) is 0 Å². The number of hydrogen-bond donors (Lipinski definition) is 1. The molecular formula is C22H26NO6+. The number of aliphatic hydroxyl groups is 1. The smallest absolute Gasteiger partial charge is 0.231 e. The van der Waals surface area contributed by atoms with Crippen LogP contribution >= 0.6 is 0 Å². The molecule has 0 bridgehead atoms. The van der Waals surface area contributed by atoms with Crippen molar-refractivity contribution >= 4 is 0 Å². The second kappa shape index (κ2) is 6.43. The molecule has 3 aliphatic rings. The van der Waals surface area contributed by atoms with Crippen LogP contribution < -0.4 is 23.7 Å². The molecule has 7 heteroatoms. The fourth-order valence-electron chi connectivity index (χ4n) is 5.29. The van der Waals surface area contributed by atoms with Gasteiger partial charge in [-0.25, -0.2) is 0 Å². The summed E-state index contributed by atoms with van der Waals surface area (Å²) in [6.07, 6.45) is 0.154. The molecular weight excluding hydrogens is 374 g/mol. The zero-order valence-corrected chi connectivity index (χ0v) is 17.2. The van der Waals surface area contributed by atoms with Gasteiger partial charge in [-0.05, 0) is 23.3 Å². The van der Waals surface area contributed by atoms with Crippen molar-refractivity contribution in [1.82, 2.24) is 0 Å². The monoisotopic (exact) mass is 400 g/mol. The molecule has 0 saturated heterocycles. The van der Waals surface area contributed by atoms with Crippen molar-refractivity contribution in [3.63, 3.8) is 0 Å². The maximum atomic E-state index is 11.6. The van der Waals surface area contributed by atoms with Gasteiger partial charge in [-0.2, -0.15) is 0 Å². The average Bonchev–Trinajstić information content (AvgIpc) is 3.19. The molecule has 1 N–H and O–H groups in total. The molecule has 0 radical (unpaired) electrons. The van der Waals surface area contributed by atoms with E-state index in [0.29, 0.717) is 33.2 Å². The number of methoxy groups -OCH3 is 3. The molecule has 3 atom stereocenters. The number of benzene rings is 2. The fourth-order valence-corrected chi connectivity index (χ4v) is 5.29. The third-order valence-corrected chi connectivity index (χ3v) is 6.63. The van der Waals surface area contributed by atoms with Crippen molar-refractivity contribution in [2.75, 3.05) is 41.7 Å². The van der Waals surface area contributed by atoms with E-state index in [9.17, 15) is 5.11 Å². The third kappa shape index (κ3) is 2.44. The molecule has 7 nitrogen and oxygen atoms in total. The number of fused-ring (bicyclic) bond motifs is 5. The van der Waals surface area contributed by atoms with Crippen molar-refractivity contribution in [3.8, 4) is 28.7 Å². The Balaban J connectivity index is 1.72. The predicted octanol–water partition coefficient (Wildman–Crippen LogP) is 2.73. The summed E-state index contributed by atoms with van der Waals surface area (Å²) in [4.78, 5) is 0. The van der Waals surface area contributed by atoms with Gasteiger partial charge in [0.25, 0.3) is 0 Å². The Morgan fingerprint density at radius 2 is 1.86 bits per heavy atom. The molecule has 0 spiro atoms. The van der Waals surface area contributed by atoms with Crippen LogP contribution in [-0.4, -0.2) is 51.3 Å². The summed E-state index contributed by atoms with van der Waals surface area (Å²) >= 11 is 0. The molecule has 29 heavy (non-hydrogen) atoms. The largest absolute Gasteiger partial charge is 0.493 e. The van der Waals surface area contributed by atoms with E-state index < -0.39 is 6.10 Å². The first-order chi connectivity index (χ1) is 14.0. The lowest BCUT2D eigenvalue weighted by Gasteiger charge is -2.51. The number of aliphatic hydroxyl groups excluding tert-OH is 1. The molecule has 0 aromatic heterocycles. The van der Waals surface area contributed by atoms with Gasteiger partial charge in [-0.3, -0.25) is 0 Å². The molecule has 0 fully saturated rings. The molecule has 3 unspecified atom stereocenters. The van der Waals surface area contributed by atoms with Crippen LogP contribution in [0.3, 0.4) is 0 Å². The lowest BCUT2D eigenvalue weighted by atomic mass is 9.79. The second-order valence-electron chi connectivity index (χ2n) is 8.09. The summed E-state index contributed by atoms with van der Waals surface area (Å²) < 4.78 is 28.9. The lowest BCUT2D eigenvalue weighted by Crippen LogP contribution is -2.55. The highest BCUT2D eigenvalue weighted by Gasteiger charge is 2.52. The summed E-state index contributed by atoms with van der Waals surface area (Å²) in [6, 6.07) is 5.67. The lowest BCUT2D eigenvalue weighted by molar-refractivity contribution is -0.960. The molecule has 154 valence electrons. The van der Waals surface area contributed by atoms with E-state index in [0.717, 1.165) is 41.8 Å². The molecule has 2 aromatic carbocycles. The zero-order valence-electron chi connectivity index (χ0n) is 17.2. The van der Waals surface area contributed by atoms with Crippen LogP contribution in [0.25, 0.3) is 0 Å². The SMILES string of the molecule is COc1ccc2c(c1OC)C[N+]1(C)CCc3cc4c(c(OC)c3C1C2O)OCO4. The van der Waals surface area contributed by atoms with Crippen LogP contribution in [0.4, 0.5) is 0 Å². The molecule has 3 aliphatic heterocycles. The van der Waals surface area contributed by atoms with E-state index in [1.54, 1.807) is 21.3 Å². The summed E-state index contributed by atoms with van der Waals surface area (Å²) in [5, 5.41) is 11.6. The van der Waals surface area contributed by atoms with E-state index in [4.69, 9.17) is 23.7 Å². The van der Waals surface area contributed by atoms with Gasteiger partial charge in [0.1, 0.15) is 18.7 Å². The van der Waals surface area contributed by atoms with E-state index >= 15 is 0 Å². The highest BCUT2D eigenvalue weighted by molar-refractivity contribution is 5.62. The Labute approximate surface area is 169 Å². The summed E-state index contributed by atoms with van der Waals surface area (Å²) in [6.45, 7) is 1.81. The second-order valence-corrected chi connectivity index (χ2v) is 8.09. The number of hydrogen-bond acceptors (Lipinski definition) is 6. The first kappa shape index (κ1) is 18.4. The quantitative estimate of drug-likeness (QED) is 0.800. The standard InChI is InChI=1S/C22H26NO6/c1-23-8-7-12-9-16-21(29-11-28-16)22(27-4)17(12)18(23)19(24)13-5-6-15(25-2)20(26-3)14(13)10-23/h5-6,9,18-19,24H,7-8,10-11H2,1-4H3/q+1. The van der Waals surface area contributed by atoms with E-state index in [2.05, 4.69) is 7.05 Å². The van der Waals surface area contributed by atoms with Crippen LogP contribution in [0.1, 0.15) is 34.4 Å². The molecule has 0 aliphatic carbocycles. The summed E-state index contributed by atoms with van der Waals surface area (Å²) in [7, 11) is 7.11. The zero-order chi connectivity index (χ0) is 20.3. The number of likely N-dealkylation sites (N-methyl/N-ethyl adjacent to an activating group) is 1. The Morgan fingerprint density at radius 3 is 2.59 bits per heavy atom. The van der Waals surface area contributed by atoms with Gasteiger partial charge >= 0.3 is 0 Å². The normalized spacial score (nSPS) is 26.2. The number of quaternary nitrogens is 1.